The molecule has 0 rings (SSSR count). The molecule has 0 spiro atoms. The number of alkyl halides is 3. The van der Waals surface area contributed by atoms with Gasteiger partial charge in [-0.05, 0) is 6.42 Å². The normalized spacial score (nSPS) is 18.2. The first-order chi connectivity index (χ1) is 7.00. The van der Waals surface area contributed by atoms with Gasteiger partial charge in [0.15, 0.2) is 0 Å². The van der Waals surface area contributed by atoms with Crippen molar-refractivity contribution in [3.63, 3.8) is 0 Å². The van der Waals surface area contributed by atoms with E-state index < -0.39 is 40.1 Å². The van der Waals surface area contributed by atoms with Gasteiger partial charge in [-0.25, -0.2) is 0 Å². The average molecular weight is 264 g/mol. The van der Waals surface area contributed by atoms with Crippen molar-refractivity contribution in [2.75, 3.05) is 6.61 Å². The third kappa shape index (κ3) is 3.06. The van der Waals surface area contributed by atoms with E-state index in [2.05, 4.69) is 0 Å². The fraction of sp³-hybridized carbons (Fsp3) is 0.833. The Morgan fingerprint density at radius 1 is 1.44 bits per heavy atom. The van der Waals surface area contributed by atoms with E-state index in [1.807, 2.05) is 4.40 Å². The first kappa shape index (κ1) is 15.1. The fourth-order valence-electron chi connectivity index (χ4n) is 0.577. The molecule has 0 saturated heterocycles. The second-order valence-electron chi connectivity index (χ2n) is 2.86. The summed E-state index contributed by atoms with van der Waals surface area (Å²) < 4.78 is 58.2. The van der Waals surface area contributed by atoms with Crippen LogP contribution in [-0.2, 0) is 10.0 Å². The third-order valence-corrected chi connectivity index (χ3v) is 2.73. The molecule has 10 heteroatoms. The van der Waals surface area contributed by atoms with E-state index in [1.54, 1.807) is 0 Å². The predicted molar refractivity (Wildman–Crippen MR) is 44.7 cm³/mol. The number of rotatable bonds is 4. The molecular formula is C6H9F3NO5S-. The van der Waals surface area contributed by atoms with Crippen molar-refractivity contribution in [2.45, 2.75) is 24.5 Å². The van der Waals surface area contributed by atoms with Crippen LogP contribution < -0.4 is 5.11 Å². The summed E-state index contributed by atoms with van der Waals surface area (Å²) in [6.07, 6.45) is -0.473. The van der Waals surface area contributed by atoms with E-state index in [9.17, 15) is 31.8 Å². The van der Waals surface area contributed by atoms with Crippen LogP contribution in [0.25, 0.3) is 0 Å². The van der Waals surface area contributed by atoms with E-state index in [4.69, 9.17) is 5.11 Å². The lowest BCUT2D eigenvalue weighted by molar-refractivity contribution is -0.240. The smallest absolute Gasteiger partial charge is 0.518 e. The number of aliphatic hydroxyl groups is 2. The van der Waals surface area contributed by atoms with Crippen molar-refractivity contribution < 1.29 is 36.9 Å². The van der Waals surface area contributed by atoms with Crippen LogP contribution >= 0.6 is 0 Å². The van der Waals surface area contributed by atoms with Crippen molar-refractivity contribution >= 4 is 15.9 Å². The lowest BCUT2D eigenvalue weighted by Gasteiger charge is -2.29. The lowest BCUT2D eigenvalue weighted by atomic mass is 10.0. The molecule has 0 fully saturated rings. The molecule has 0 amide bonds. The molecule has 0 aliphatic rings. The van der Waals surface area contributed by atoms with E-state index in [-0.39, 0.29) is 0 Å². The van der Waals surface area contributed by atoms with Gasteiger partial charge in [-0.15, -0.1) is 0 Å². The zero-order chi connectivity index (χ0) is 13.2. The number of nitrogens with zero attached hydrogens (tertiary/aromatic N) is 1. The number of hydrogen-bond acceptors (Lipinski definition) is 5. The topological polar surface area (TPSA) is 110 Å². The van der Waals surface area contributed by atoms with Crippen molar-refractivity contribution in [1.82, 2.24) is 0 Å². The van der Waals surface area contributed by atoms with Gasteiger partial charge in [0.1, 0.15) is 5.60 Å². The quantitative estimate of drug-likeness (QED) is 0.486. The highest BCUT2D eigenvalue weighted by Gasteiger charge is 2.46. The first-order valence-corrected chi connectivity index (χ1v) is 5.36. The predicted octanol–water partition coefficient (Wildman–Crippen LogP) is -1.27. The van der Waals surface area contributed by atoms with Crippen LogP contribution in [0.3, 0.4) is 0 Å². The maximum Gasteiger partial charge on any atom is 0.518 e. The molecule has 6 nitrogen and oxygen atoms in total. The minimum absolute atomic E-state index is 0.473. The maximum absolute atomic E-state index is 11.8. The molecule has 0 radical (unpaired) electrons. The Morgan fingerprint density at radius 3 is 2.12 bits per heavy atom. The zero-order valence-electron chi connectivity index (χ0n) is 8.02. The van der Waals surface area contributed by atoms with Crippen LogP contribution in [0, 0.1) is 0 Å². The summed E-state index contributed by atoms with van der Waals surface area (Å²) in [4.78, 5) is 0. The number of aliphatic hydroxyl groups excluding tert-OH is 1. The molecule has 1 unspecified atom stereocenters. The van der Waals surface area contributed by atoms with Crippen molar-refractivity contribution in [2.24, 2.45) is 4.40 Å². The van der Waals surface area contributed by atoms with Crippen LogP contribution in [-0.4, -0.2) is 42.2 Å². The van der Waals surface area contributed by atoms with E-state index >= 15 is 0 Å². The Labute approximate surface area is 89.1 Å². The molecule has 2 N–H and O–H groups in total. The SMILES string of the molecule is CCC(O)(CO)/C([O-])=N/S(=O)(=O)C(F)(F)F. The molecular weight excluding hydrogens is 255 g/mol. The summed E-state index contributed by atoms with van der Waals surface area (Å²) >= 11 is 0. The molecule has 0 saturated carbocycles. The Morgan fingerprint density at radius 2 is 1.88 bits per heavy atom. The van der Waals surface area contributed by atoms with E-state index in [1.165, 1.54) is 6.92 Å². The highest BCUT2D eigenvalue weighted by molar-refractivity contribution is 7.91. The van der Waals surface area contributed by atoms with Gasteiger partial charge in [0.25, 0.3) is 0 Å². The minimum atomic E-state index is -6.00. The summed E-state index contributed by atoms with van der Waals surface area (Å²) in [7, 11) is -6.00. The molecule has 0 bridgehead atoms. The molecule has 0 aromatic carbocycles. The molecule has 16 heavy (non-hydrogen) atoms. The van der Waals surface area contributed by atoms with Gasteiger partial charge in [0, 0.05) is 5.90 Å². The summed E-state index contributed by atoms with van der Waals surface area (Å²) in [6, 6.07) is 0. The van der Waals surface area contributed by atoms with E-state index in [0.29, 0.717) is 0 Å². The largest absolute Gasteiger partial charge is 0.859 e. The highest BCUT2D eigenvalue weighted by atomic mass is 32.2. The van der Waals surface area contributed by atoms with Crippen molar-refractivity contribution in [3.8, 4) is 0 Å². The second kappa shape index (κ2) is 4.55. The molecule has 1 atom stereocenters. The molecule has 0 aliphatic heterocycles. The first-order valence-electron chi connectivity index (χ1n) is 3.92. The van der Waals surface area contributed by atoms with Crippen molar-refractivity contribution in [1.29, 1.82) is 0 Å². The van der Waals surface area contributed by atoms with Gasteiger partial charge in [-0.1, -0.05) is 6.92 Å². The van der Waals surface area contributed by atoms with Gasteiger partial charge in [-0.3, -0.25) is 0 Å². The molecule has 0 heterocycles. The Hall–Kier alpha value is -0.870. The summed E-state index contributed by atoms with van der Waals surface area (Å²) in [6.45, 7) is -0.0525. The average Bonchev–Trinajstić information content (AvgIpc) is 2.14. The van der Waals surface area contributed by atoms with Crippen LogP contribution in [0.5, 0.6) is 0 Å². The minimum Gasteiger partial charge on any atom is -0.859 e. The van der Waals surface area contributed by atoms with Crippen LogP contribution in [0.15, 0.2) is 4.40 Å². The van der Waals surface area contributed by atoms with Crippen molar-refractivity contribution in [3.05, 3.63) is 0 Å². The molecule has 0 aromatic heterocycles. The van der Waals surface area contributed by atoms with Gasteiger partial charge < -0.3 is 15.3 Å². The summed E-state index contributed by atoms with van der Waals surface area (Å²) in [5, 5.41) is 28.7. The molecule has 96 valence electrons. The fourth-order valence-corrected chi connectivity index (χ4v) is 1.07. The summed E-state index contributed by atoms with van der Waals surface area (Å²) in [5.41, 5.74) is -8.33. The third-order valence-electron chi connectivity index (χ3n) is 1.74. The van der Waals surface area contributed by atoms with Crippen LogP contribution in [0.4, 0.5) is 13.2 Å². The van der Waals surface area contributed by atoms with Gasteiger partial charge >= 0.3 is 15.5 Å². The Kier molecular flexibility index (Phi) is 4.31. The monoisotopic (exact) mass is 264 g/mol. The Balaban J connectivity index is 5.37. The van der Waals surface area contributed by atoms with Crippen LogP contribution in [0.1, 0.15) is 13.3 Å². The highest BCUT2D eigenvalue weighted by Crippen LogP contribution is 2.25. The molecule has 0 aliphatic carbocycles. The van der Waals surface area contributed by atoms with Gasteiger partial charge in [-0.2, -0.15) is 26.0 Å². The lowest BCUT2D eigenvalue weighted by Crippen LogP contribution is -2.49. The number of hydrogen-bond donors (Lipinski definition) is 2. The maximum atomic E-state index is 11.8. The van der Waals surface area contributed by atoms with E-state index in [0.717, 1.165) is 0 Å². The van der Waals surface area contributed by atoms with Gasteiger partial charge in [0.2, 0.25) is 0 Å². The standard InChI is InChI=1S/C6H10F3NO5S/c1-2-5(13,3-11)4(12)10-16(14,15)6(7,8)9/h11,13H,2-3H2,1H3,(H,10,12)/p-1. The number of sulfonamides is 1. The zero-order valence-corrected chi connectivity index (χ0v) is 8.84. The van der Waals surface area contributed by atoms with Gasteiger partial charge in [0.05, 0.1) is 6.61 Å². The van der Waals surface area contributed by atoms with Crippen LogP contribution in [0.2, 0.25) is 0 Å². The summed E-state index contributed by atoms with van der Waals surface area (Å²) in [5.74, 6) is -1.95. The molecule has 0 aromatic rings. The number of halogens is 3. The Bertz CT molecular complexity index is 370. The second-order valence-corrected chi connectivity index (χ2v) is 4.46.